The van der Waals surface area contributed by atoms with Crippen molar-refractivity contribution in [1.29, 1.82) is 0 Å². The Bertz CT molecular complexity index is 2640. The number of rotatable bonds is 8. The summed E-state index contributed by atoms with van der Waals surface area (Å²) in [7, 11) is 0. The van der Waals surface area contributed by atoms with Gasteiger partial charge in [-0.1, -0.05) is 81.4 Å². The molecule has 1 atom stereocenters. The summed E-state index contributed by atoms with van der Waals surface area (Å²) in [6, 6.07) is 36.0. The van der Waals surface area contributed by atoms with Crippen molar-refractivity contribution in [2.45, 2.75) is 59.4 Å². The van der Waals surface area contributed by atoms with Gasteiger partial charge in [0.1, 0.15) is 5.71 Å². The molecule has 0 saturated carbocycles. The molecule has 2 aromatic carbocycles. The van der Waals surface area contributed by atoms with Gasteiger partial charge in [-0.25, -0.2) is 24.3 Å². The van der Waals surface area contributed by atoms with Gasteiger partial charge >= 0.3 is 0 Å². The first-order chi connectivity index (χ1) is 26.6. The second-order valence-corrected chi connectivity index (χ2v) is 14.1. The molecule has 0 radical (unpaired) electrons. The van der Waals surface area contributed by atoms with Crippen LogP contribution in [0.1, 0.15) is 82.2 Å². The molecule has 11 nitrogen and oxygen atoms in total. The lowest BCUT2D eigenvalue weighted by atomic mass is 10.1. The summed E-state index contributed by atoms with van der Waals surface area (Å²) in [6.45, 7) is 12.2. The summed E-state index contributed by atoms with van der Waals surface area (Å²) < 4.78 is 3.75. The predicted octanol–water partition coefficient (Wildman–Crippen LogP) is 9.43. The second kappa shape index (κ2) is 15.8. The lowest BCUT2D eigenvalue weighted by Gasteiger charge is -2.09. The standard InChI is InChI=1S/C22H21N5O.C22H23N5/c1-14(2)18-6-5-9-22(25-18)27-21-12-16(10-11-17(21)13-23-27)20-8-4-7-19(24-20)15(3)26-28;1-14(2)18-6-5-9-22(26-18)27-21-12-16(10-11-17(21)13-24-27)20-8-4-7-19(25-20)15(3)23/h4-14,28H,1-3H3;4-15H,23H2,1-3H3/b26-15+;. The molecule has 6 heterocycles. The van der Waals surface area contributed by atoms with Gasteiger partial charge in [0, 0.05) is 39.3 Å². The van der Waals surface area contributed by atoms with Crippen molar-refractivity contribution in [1.82, 2.24) is 39.5 Å². The molecule has 8 rings (SSSR count). The average Bonchev–Trinajstić information content (AvgIpc) is 3.85. The number of hydrogen-bond acceptors (Lipinski definition) is 9. The highest BCUT2D eigenvalue weighted by atomic mass is 16.4. The Morgan fingerprint density at radius 1 is 0.582 bits per heavy atom. The Labute approximate surface area is 320 Å². The molecule has 276 valence electrons. The highest BCUT2D eigenvalue weighted by molar-refractivity contribution is 5.97. The van der Waals surface area contributed by atoms with Crippen molar-refractivity contribution in [2.75, 3.05) is 0 Å². The molecule has 0 bridgehead atoms. The van der Waals surface area contributed by atoms with E-state index in [0.717, 1.165) is 73.0 Å². The molecular formula is C44H44N10O. The van der Waals surface area contributed by atoms with Crippen LogP contribution in [0, 0.1) is 0 Å². The zero-order valence-corrected chi connectivity index (χ0v) is 31.8. The van der Waals surface area contributed by atoms with E-state index in [1.165, 1.54) is 0 Å². The van der Waals surface area contributed by atoms with Gasteiger partial charge < -0.3 is 10.9 Å². The zero-order valence-electron chi connectivity index (χ0n) is 31.8. The summed E-state index contributed by atoms with van der Waals surface area (Å²) >= 11 is 0. The Morgan fingerprint density at radius 3 is 1.55 bits per heavy atom. The van der Waals surface area contributed by atoms with Crippen molar-refractivity contribution in [3.05, 3.63) is 144 Å². The Kier molecular flexibility index (Phi) is 10.6. The van der Waals surface area contributed by atoms with Crippen molar-refractivity contribution >= 4 is 27.5 Å². The zero-order chi connectivity index (χ0) is 38.6. The van der Waals surface area contributed by atoms with Crippen LogP contribution in [0.3, 0.4) is 0 Å². The minimum Gasteiger partial charge on any atom is -0.411 e. The van der Waals surface area contributed by atoms with Crippen molar-refractivity contribution in [3.63, 3.8) is 0 Å². The monoisotopic (exact) mass is 728 g/mol. The lowest BCUT2D eigenvalue weighted by molar-refractivity contribution is 0.319. The molecule has 1 unspecified atom stereocenters. The third-order valence-corrected chi connectivity index (χ3v) is 9.37. The number of pyridine rings is 4. The van der Waals surface area contributed by atoms with Crippen LogP contribution in [-0.4, -0.2) is 50.4 Å². The summed E-state index contributed by atoms with van der Waals surface area (Å²) in [5.74, 6) is 2.34. The second-order valence-electron chi connectivity index (χ2n) is 14.1. The van der Waals surface area contributed by atoms with Gasteiger partial charge in [0.25, 0.3) is 0 Å². The predicted molar refractivity (Wildman–Crippen MR) is 219 cm³/mol. The van der Waals surface area contributed by atoms with Crippen LogP contribution in [0.25, 0.3) is 56.0 Å². The highest BCUT2D eigenvalue weighted by Crippen LogP contribution is 2.27. The first-order valence-electron chi connectivity index (χ1n) is 18.4. The number of fused-ring (bicyclic) bond motifs is 2. The molecule has 0 fully saturated rings. The van der Waals surface area contributed by atoms with Crippen LogP contribution >= 0.6 is 0 Å². The summed E-state index contributed by atoms with van der Waals surface area (Å²) in [4.78, 5) is 18.8. The number of nitrogens with zero attached hydrogens (tertiary/aromatic N) is 9. The third-order valence-electron chi connectivity index (χ3n) is 9.37. The Morgan fingerprint density at radius 2 is 1.05 bits per heavy atom. The van der Waals surface area contributed by atoms with E-state index in [2.05, 4.69) is 78.4 Å². The first kappa shape index (κ1) is 36.8. The van der Waals surface area contributed by atoms with Crippen molar-refractivity contribution < 1.29 is 5.21 Å². The van der Waals surface area contributed by atoms with E-state index in [1.54, 1.807) is 6.92 Å². The van der Waals surface area contributed by atoms with E-state index < -0.39 is 0 Å². The van der Waals surface area contributed by atoms with E-state index in [4.69, 9.17) is 25.9 Å². The van der Waals surface area contributed by atoms with Crippen LogP contribution < -0.4 is 5.73 Å². The summed E-state index contributed by atoms with van der Waals surface area (Å²) in [6.07, 6.45) is 3.71. The van der Waals surface area contributed by atoms with Crippen LogP contribution in [0.2, 0.25) is 0 Å². The quantitative estimate of drug-likeness (QED) is 0.0894. The van der Waals surface area contributed by atoms with Gasteiger partial charge in [0.05, 0.1) is 46.2 Å². The fourth-order valence-electron chi connectivity index (χ4n) is 6.19. The molecular weight excluding hydrogens is 685 g/mol. The van der Waals surface area contributed by atoms with E-state index >= 15 is 0 Å². The van der Waals surface area contributed by atoms with Crippen molar-refractivity contribution in [3.8, 4) is 34.2 Å². The van der Waals surface area contributed by atoms with Gasteiger partial charge in [-0.15, -0.1) is 0 Å². The fourth-order valence-corrected chi connectivity index (χ4v) is 6.19. The molecule has 55 heavy (non-hydrogen) atoms. The van der Waals surface area contributed by atoms with E-state index in [9.17, 15) is 0 Å². The molecule has 0 saturated heterocycles. The molecule has 0 amide bonds. The molecule has 0 spiro atoms. The average molecular weight is 729 g/mol. The molecule has 6 aromatic heterocycles. The minimum atomic E-state index is -0.0952. The Hall–Kier alpha value is -6.59. The highest BCUT2D eigenvalue weighted by Gasteiger charge is 2.13. The van der Waals surface area contributed by atoms with Gasteiger partial charge in [0.15, 0.2) is 11.6 Å². The number of hydrogen-bond donors (Lipinski definition) is 2. The molecule has 3 N–H and O–H groups in total. The molecule has 8 aromatic rings. The van der Waals surface area contributed by atoms with Crippen LogP contribution in [0.5, 0.6) is 0 Å². The van der Waals surface area contributed by atoms with Crippen LogP contribution in [0.4, 0.5) is 0 Å². The molecule has 0 aliphatic rings. The molecule has 0 aliphatic heterocycles. The molecule has 11 heteroatoms. The van der Waals surface area contributed by atoms with E-state index in [0.29, 0.717) is 23.2 Å². The van der Waals surface area contributed by atoms with Crippen molar-refractivity contribution in [2.24, 2.45) is 10.9 Å². The maximum Gasteiger partial charge on any atom is 0.154 e. The Balaban J connectivity index is 0.000000169. The minimum absolute atomic E-state index is 0.0952. The third kappa shape index (κ3) is 7.88. The number of benzene rings is 2. The van der Waals surface area contributed by atoms with Crippen LogP contribution in [-0.2, 0) is 0 Å². The van der Waals surface area contributed by atoms with E-state index in [-0.39, 0.29) is 6.04 Å². The van der Waals surface area contributed by atoms with Crippen LogP contribution in [0.15, 0.2) is 127 Å². The van der Waals surface area contributed by atoms with Gasteiger partial charge in [-0.05, 0) is 86.3 Å². The van der Waals surface area contributed by atoms with Gasteiger partial charge in [-0.3, -0.25) is 4.98 Å². The summed E-state index contributed by atoms with van der Waals surface area (Å²) in [5, 5.41) is 23.5. The van der Waals surface area contributed by atoms with Gasteiger partial charge in [0.2, 0.25) is 0 Å². The maximum absolute atomic E-state index is 9.02. The topological polar surface area (TPSA) is 146 Å². The van der Waals surface area contributed by atoms with E-state index in [1.807, 2.05) is 108 Å². The number of nitrogens with two attached hydrogens (primary N) is 1. The normalized spacial score (nSPS) is 12.3. The first-order valence-corrected chi connectivity index (χ1v) is 18.4. The number of oxime groups is 1. The molecule has 0 aliphatic carbocycles. The summed E-state index contributed by atoms with van der Waals surface area (Å²) in [5.41, 5.74) is 15.7. The van der Waals surface area contributed by atoms with Gasteiger partial charge in [-0.2, -0.15) is 10.2 Å². The largest absolute Gasteiger partial charge is 0.411 e. The fraction of sp³-hybridized carbons (Fsp3) is 0.205. The number of aromatic nitrogens is 8. The lowest BCUT2D eigenvalue weighted by Crippen LogP contribution is -2.07. The smallest absolute Gasteiger partial charge is 0.154 e. The maximum atomic E-state index is 9.02. The SMILES string of the molecule is C/C(=N\O)c1cccc(-c2ccc3cnn(-c4cccc(C(C)C)n4)c3c2)n1.CC(C)c1cccc(-n2ncc3ccc(-c4cccc(C(C)N)n4)cc32)n1.